The summed E-state index contributed by atoms with van der Waals surface area (Å²) in [7, 11) is 1.58. The number of hydrogen-bond acceptors (Lipinski definition) is 4. The summed E-state index contributed by atoms with van der Waals surface area (Å²) in [5.74, 6) is -0.931. The summed E-state index contributed by atoms with van der Waals surface area (Å²) >= 11 is 12.4. The monoisotopic (exact) mass is 472 g/mol. The Morgan fingerprint density at radius 3 is 2.47 bits per heavy atom. The van der Waals surface area contributed by atoms with E-state index in [1.807, 2.05) is 24.5 Å². The third-order valence-electron chi connectivity index (χ3n) is 4.81. The van der Waals surface area contributed by atoms with Gasteiger partial charge in [-0.2, -0.15) is 5.10 Å². The maximum absolute atomic E-state index is 12.0. The van der Waals surface area contributed by atoms with Crippen molar-refractivity contribution in [1.82, 2.24) is 15.3 Å². The van der Waals surface area contributed by atoms with Gasteiger partial charge in [0.1, 0.15) is 5.75 Å². The summed E-state index contributed by atoms with van der Waals surface area (Å²) in [6, 6.07) is 14.3. The molecule has 2 N–H and O–H groups in total. The van der Waals surface area contributed by atoms with E-state index >= 15 is 0 Å². The zero-order valence-corrected chi connectivity index (χ0v) is 19.3. The molecule has 0 bridgehead atoms. The van der Waals surface area contributed by atoms with Crippen LogP contribution < -0.4 is 15.5 Å². The smallest absolute Gasteiger partial charge is 0.329 e. The van der Waals surface area contributed by atoms with Crippen LogP contribution in [0.15, 0.2) is 53.6 Å². The Hall–Kier alpha value is -3.29. The number of carbonyl (C=O) groups is 2. The molecular formula is C23H22Cl2N4O3. The molecule has 3 aromatic rings. The largest absolute Gasteiger partial charge is 0.497 e. The highest BCUT2D eigenvalue weighted by Crippen LogP contribution is 2.28. The molecular weight excluding hydrogens is 451 g/mol. The third kappa shape index (κ3) is 5.49. The topological polar surface area (TPSA) is 84.7 Å². The van der Waals surface area contributed by atoms with E-state index in [4.69, 9.17) is 27.9 Å². The number of nitrogens with zero attached hydrogens (tertiary/aromatic N) is 2. The molecule has 7 nitrogen and oxygen atoms in total. The molecule has 32 heavy (non-hydrogen) atoms. The molecule has 0 spiro atoms. The van der Waals surface area contributed by atoms with E-state index in [2.05, 4.69) is 15.8 Å². The van der Waals surface area contributed by atoms with Gasteiger partial charge in [0.2, 0.25) is 0 Å². The summed E-state index contributed by atoms with van der Waals surface area (Å²) in [4.78, 5) is 24.0. The van der Waals surface area contributed by atoms with Crippen LogP contribution in [-0.4, -0.2) is 29.7 Å². The molecule has 0 unspecified atom stereocenters. The van der Waals surface area contributed by atoms with Gasteiger partial charge in [0.05, 0.1) is 24.0 Å². The van der Waals surface area contributed by atoms with Gasteiger partial charge >= 0.3 is 11.8 Å². The average molecular weight is 473 g/mol. The Kier molecular flexibility index (Phi) is 7.56. The summed E-state index contributed by atoms with van der Waals surface area (Å²) in [6.07, 6.45) is 1.48. The van der Waals surface area contributed by atoms with Crippen LogP contribution >= 0.6 is 23.2 Å². The molecule has 2 aromatic carbocycles. The Bertz CT molecular complexity index is 1170. The van der Waals surface area contributed by atoms with Crippen molar-refractivity contribution >= 4 is 41.2 Å². The molecule has 0 aliphatic heterocycles. The van der Waals surface area contributed by atoms with Crippen LogP contribution in [0.1, 0.15) is 22.5 Å². The van der Waals surface area contributed by atoms with E-state index in [1.54, 1.807) is 49.6 Å². The number of halogens is 2. The summed E-state index contributed by atoms with van der Waals surface area (Å²) in [5, 5.41) is 7.59. The van der Waals surface area contributed by atoms with Crippen LogP contribution in [0, 0.1) is 13.8 Å². The molecule has 0 aliphatic carbocycles. The lowest BCUT2D eigenvalue weighted by Crippen LogP contribution is -2.37. The van der Waals surface area contributed by atoms with Gasteiger partial charge in [-0.25, -0.2) is 5.43 Å². The highest BCUT2D eigenvalue weighted by molar-refractivity contribution is 6.35. The van der Waals surface area contributed by atoms with E-state index in [9.17, 15) is 9.59 Å². The maximum atomic E-state index is 12.0. The Balaban J connectivity index is 1.62. The van der Waals surface area contributed by atoms with Crippen molar-refractivity contribution in [2.45, 2.75) is 20.4 Å². The summed E-state index contributed by atoms with van der Waals surface area (Å²) < 4.78 is 7.03. The van der Waals surface area contributed by atoms with Crippen molar-refractivity contribution in [3.8, 4) is 11.4 Å². The van der Waals surface area contributed by atoms with Crippen molar-refractivity contribution in [2.24, 2.45) is 5.10 Å². The van der Waals surface area contributed by atoms with Crippen molar-refractivity contribution in [3.63, 3.8) is 0 Å². The lowest BCUT2D eigenvalue weighted by Gasteiger charge is -2.12. The SMILES string of the molecule is COc1ccc(CNC(=O)C(=O)N/N=C\c2cc(C)n(-c3cc(Cl)ccc3Cl)c2C)cc1. The second-order valence-electron chi connectivity index (χ2n) is 6.99. The molecule has 0 saturated carbocycles. The molecule has 0 radical (unpaired) electrons. The van der Waals surface area contributed by atoms with Gasteiger partial charge < -0.3 is 14.6 Å². The number of aromatic nitrogens is 1. The van der Waals surface area contributed by atoms with E-state index < -0.39 is 11.8 Å². The first-order valence-electron chi connectivity index (χ1n) is 9.68. The van der Waals surface area contributed by atoms with Crippen LogP contribution in [0.5, 0.6) is 5.75 Å². The summed E-state index contributed by atoms with van der Waals surface area (Å²) in [6.45, 7) is 4.03. The standard InChI is InChI=1S/C23H22Cl2N4O3/c1-14-10-17(15(2)29(14)21-11-18(24)6-9-20(21)25)13-27-28-23(31)22(30)26-12-16-4-7-19(32-3)8-5-16/h4-11,13H,12H2,1-3H3,(H,26,30)(H,28,31)/b27-13-. The summed E-state index contributed by atoms with van der Waals surface area (Å²) in [5.41, 5.74) is 6.36. The van der Waals surface area contributed by atoms with Crippen LogP contribution in [0.4, 0.5) is 0 Å². The predicted octanol–water partition coefficient (Wildman–Crippen LogP) is 4.18. The number of aryl methyl sites for hydroxylation is 1. The molecule has 0 saturated heterocycles. The number of hydrazone groups is 1. The zero-order valence-electron chi connectivity index (χ0n) is 17.8. The number of ether oxygens (including phenoxy) is 1. The molecule has 9 heteroatoms. The number of carbonyl (C=O) groups excluding carboxylic acids is 2. The molecule has 2 amide bonds. The quantitative estimate of drug-likeness (QED) is 0.320. The number of nitrogens with one attached hydrogen (secondary N) is 2. The van der Waals surface area contributed by atoms with E-state index in [0.29, 0.717) is 15.8 Å². The zero-order chi connectivity index (χ0) is 23.3. The number of benzene rings is 2. The van der Waals surface area contributed by atoms with Gasteiger partial charge in [0, 0.05) is 28.5 Å². The van der Waals surface area contributed by atoms with Crippen molar-refractivity contribution < 1.29 is 14.3 Å². The van der Waals surface area contributed by atoms with E-state index in [-0.39, 0.29) is 6.54 Å². The van der Waals surface area contributed by atoms with E-state index in [1.165, 1.54) is 6.21 Å². The minimum atomic E-state index is -0.860. The van der Waals surface area contributed by atoms with Crippen molar-refractivity contribution in [3.05, 3.63) is 81.1 Å². The van der Waals surface area contributed by atoms with Crippen LogP contribution in [0.25, 0.3) is 5.69 Å². The molecule has 0 aliphatic rings. The second kappa shape index (κ2) is 10.3. The van der Waals surface area contributed by atoms with Gasteiger partial charge in [-0.15, -0.1) is 0 Å². The van der Waals surface area contributed by atoms with Gasteiger partial charge in [-0.05, 0) is 55.8 Å². The molecule has 0 atom stereocenters. The Morgan fingerprint density at radius 1 is 1.06 bits per heavy atom. The minimum absolute atomic E-state index is 0.210. The second-order valence-corrected chi connectivity index (χ2v) is 7.83. The van der Waals surface area contributed by atoms with Gasteiger partial charge in [-0.1, -0.05) is 35.3 Å². The molecule has 166 valence electrons. The number of hydrogen-bond donors (Lipinski definition) is 2. The number of amides is 2. The predicted molar refractivity (Wildman–Crippen MR) is 126 cm³/mol. The van der Waals surface area contributed by atoms with Crippen molar-refractivity contribution in [2.75, 3.05) is 7.11 Å². The molecule has 3 rings (SSSR count). The van der Waals surface area contributed by atoms with Crippen molar-refractivity contribution in [1.29, 1.82) is 0 Å². The van der Waals surface area contributed by atoms with Crippen LogP contribution in [0.2, 0.25) is 10.0 Å². The van der Waals surface area contributed by atoms with Crippen LogP contribution in [-0.2, 0) is 16.1 Å². The van der Waals surface area contributed by atoms with Crippen LogP contribution in [0.3, 0.4) is 0 Å². The third-order valence-corrected chi connectivity index (χ3v) is 5.36. The van der Waals surface area contributed by atoms with Gasteiger partial charge in [0.25, 0.3) is 0 Å². The fourth-order valence-corrected chi connectivity index (χ4v) is 3.53. The minimum Gasteiger partial charge on any atom is -0.497 e. The fourth-order valence-electron chi connectivity index (χ4n) is 3.16. The lowest BCUT2D eigenvalue weighted by molar-refractivity contribution is -0.139. The lowest BCUT2D eigenvalue weighted by atomic mass is 10.2. The maximum Gasteiger partial charge on any atom is 0.329 e. The first-order valence-corrected chi connectivity index (χ1v) is 10.4. The molecule has 1 heterocycles. The molecule has 0 fully saturated rings. The highest BCUT2D eigenvalue weighted by atomic mass is 35.5. The first-order chi connectivity index (χ1) is 15.3. The van der Waals surface area contributed by atoms with Gasteiger partial charge in [-0.3, -0.25) is 9.59 Å². The normalized spacial score (nSPS) is 10.9. The Labute approximate surface area is 196 Å². The molecule has 1 aromatic heterocycles. The first kappa shape index (κ1) is 23.4. The number of rotatable bonds is 6. The van der Waals surface area contributed by atoms with E-state index in [0.717, 1.165) is 28.2 Å². The highest BCUT2D eigenvalue weighted by Gasteiger charge is 2.14. The Morgan fingerprint density at radius 2 is 1.78 bits per heavy atom. The number of methoxy groups -OCH3 is 1. The fraction of sp³-hybridized carbons (Fsp3) is 0.174. The average Bonchev–Trinajstić information content (AvgIpc) is 3.06. The van der Waals surface area contributed by atoms with Gasteiger partial charge in [0.15, 0.2) is 0 Å².